The van der Waals surface area contributed by atoms with Crippen molar-refractivity contribution in [2.45, 2.75) is 26.4 Å². The van der Waals surface area contributed by atoms with Crippen LogP contribution in [0.15, 0.2) is 42.5 Å². The van der Waals surface area contributed by atoms with E-state index in [1.54, 1.807) is 18.2 Å². The molecule has 2 aromatic rings. The van der Waals surface area contributed by atoms with Crippen LogP contribution in [0.2, 0.25) is 5.02 Å². The molecular formula is C18H21ClLiO3P. The number of carbonyl (C=O) groups excluding carboxylic acids is 1. The quantitative estimate of drug-likeness (QED) is 0.559. The molecule has 0 radical (unpaired) electrons. The summed E-state index contributed by atoms with van der Waals surface area (Å²) < 4.78 is 11.0. The minimum atomic E-state index is -0.0388. The van der Waals surface area contributed by atoms with Gasteiger partial charge in [-0.2, -0.15) is 0 Å². The van der Waals surface area contributed by atoms with Crippen LogP contribution < -0.4 is 33.6 Å². The van der Waals surface area contributed by atoms with Gasteiger partial charge in [0.25, 0.3) is 0 Å². The molecule has 0 aliphatic rings. The molecule has 0 aliphatic carbocycles. The normalized spacial score (nSPS) is 11.8. The molecule has 0 spiro atoms. The van der Waals surface area contributed by atoms with Crippen molar-refractivity contribution in [2.75, 3.05) is 7.11 Å². The summed E-state index contributed by atoms with van der Waals surface area (Å²) >= 11 is 6.15. The minimum absolute atomic E-state index is 0. The number of hydrogen-bond acceptors (Lipinski definition) is 3. The van der Waals surface area contributed by atoms with Crippen LogP contribution in [0.4, 0.5) is 0 Å². The third kappa shape index (κ3) is 5.54. The SMILES string of the molecule is CCC(C)Oc1ccc(PC(=O)c2c(Cl)cccc2OC)cc1.[H-].[Li+]. The standard InChI is InChI=1S/C18H20ClO3P.Li.H/c1-4-12(2)22-13-8-10-14(11-9-13)23-18(20)17-15(19)6-5-7-16(17)21-3;;/h5-12,23H,4H2,1-3H3;;/q;+1;-1. The Morgan fingerprint density at radius 2 is 1.92 bits per heavy atom. The zero-order valence-electron chi connectivity index (χ0n) is 15.4. The molecule has 0 bridgehead atoms. The summed E-state index contributed by atoms with van der Waals surface area (Å²) in [6.07, 6.45) is 1.13. The molecule has 0 saturated heterocycles. The van der Waals surface area contributed by atoms with Crippen LogP contribution in [0.3, 0.4) is 0 Å². The first kappa shape index (κ1) is 21.1. The summed E-state index contributed by atoms with van der Waals surface area (Å²) in [5.74, 6) is 1.32. The van der Waals surface area contributed by atoms with E-state index >= 15 is 0 Å². The molecule has 6 heteroatoms. The van der Waals surface area contributed by atoms with Gasteiger partial charge in [-0.25, -0.2) is 0 Å². The van der Waals surface area contributed by atoms with Gasteiger partial charge in [-0.15, -0.1) is 0 Å². The van der Waals surface area contributed by atoms with E-state index in [1.165, 1.54) is 7.11 Å². The second-order valence-electron chi connectivity index (χ2n) is 5.13. The van der Waals surface area contributed by atoms with E-state index in [0.717, 1.165) is 17.5 Å². The van der Waals surface area contributed by atoms with Crippen LogP contribution in [0.5, 0.6) is 11.5 Å². The van der Waals surface area contributed by atoms with Crippen LogP contribution in [-0.2, 0) is 0 Å². The molecule has 2 atom stereocenters. The second kappa shape index (κ2) is 10.1. The molecule has 0 amide bonds. The fourth-order valence-corrected chi connectivity index (χ4v) is 3.33. The van der Waals surface area contributed by atoms with Crippen molar-refractivity contribution in [1.82, 2.24) is 0 Å². The number of methoxy groups -OCH3 is 1. The number of carbonyl (C=O) groups is 1. The van der Waals surface area contributed by atoms with Gasteiger partial charge in [0, 0.05) is 0 Å². The molecule has 0 saturated carbocycles. The zero-order chi connectivity index (χ0) is 16.8. The Morgan fingerprint density at radius 3 is 2.50 bits per heavy atom. The van der Waals surface area contributed by atoms with E-state index in [-0.39, 0.29) is 40.5 Å². The number of ether oxygens (including phenoxy) is 2. The van der Waals surface area contributed by atoms with Crippen molar-refractivity contribution >= 4 is 31.0 Å². The van der Waals surface area contributed by atoms with Crippen molar-refractivity contribution < 1.29 is 34.6 Å². The summed E-state index contributed by atoms with van der Waals surface area (Å²) in [5.41, 5.74) is 0.401. The maximum atomic E-state index is 12.5. The maximum Gasteiger partial charge on any atom is 1.00 e. The number of hydrogen-bond donors (Lipinski definition) is 0. The predicted molar refractivity (Wildman–Crippen MR) is 98.2 cm³/mol. The number of halogens is 1. The number of benzene rings is 2. The first-order valence-corrected chi connectivity index (χ1v) is 8.83. The third-order valence-corrected chi connectivity index (χ3v) is 4.86. The Bertz CT molecular complexity index is 683. The largest absolute Gasteiger partial charge is 1.00 e. The maximum absolute atomic E-state index is 12.5. The molecule has 2 aromatic carbocycles. The molecule has 2 rings (SSSR count). The molecule has 0 heterocycles. The van der Waals surface area contributed by atoms with Crippen molar-refractivity contribution in [3.63, 3.8) is 0 Å². The fraction of sp³-hybridized carbons (Fsp3) is 0.278. The smallest absolute Gasteiger partial charge is 1.00 e. The summed E-state index contributed by atoms with van der Waals surface area (Å²) in [7, 11) is 1.52. The first-order valence-electron chi connectivity index (χ1n) is 7.45. The first-order chi connectivity index (χ1) is 11.0. The van der Waals surface area contributed by atoms with Crippen LogP contribution in [0, 0.1) is 0 Å². The average molecular weight is 359 g/mol. The molecule has 0 N–H and O–H groups in total. The van der Waals surface area contributed by atoms with Gasteiger partial charge < -0.3 is 10.9 Å². The monoisotopic (exact) mass is 358 g/mol. The fourth-order valence-electron chi connectivity index (χ4n) is 2.02. The molecule has 0 fully saturated rings. The molecule has 3 nitrogen and oxygen atoms in total. The average Bonchev–Trinajstić information content (AvgIpc) is 2.56. The van der Waals surface area contributed by atoms with Crippen molar-refractivity contribution in [3.8, 4) is 11.5 Å². The van der Waals surface area contributed by atoms with Gasteiger partial charge in [-0.3, -0.25) is 4.79 Å². The molecule has 2 unspecified atom stereocenters. The zero-order valence-corrected chi connectivity index (χ0v) is 16.2. The van der Waals surface area contributed by atoms with Gasteiger partial charge in [-0.05, 0) is 51.5 Å². The Labute approximate surface area is 163 Å². The van der Waals surface area contributed by atoms with E-state index in [2.05, 4.69) is 6.92 Å². The van der Waals surface area contributed by atoms with Crippen LogP contribution in [-0.4, -0.2) is 18.7 Å². The summed E-state index contributed by atoms with van der Waals surface area (Å²) in [4.78, 5) is 12.5. The van der Waals surface area contributed by atoms with E-state index < -0.39 is 0 Å². The van der Waals surface area contributed by atoms with Gasteiger partial charge in [0.2, 0.25) is 0 Å². The van der Waals surface area contributed by atoms with E-state index in [9.17, 15) is 4.79 Å². The van der Waals surface area contributed by atoms with Gasteiger partial charge in [0.15, 0.2) is 5.52 Å². The summed E-state index contributed by atoms with van der Waals surface area (Å²) in [6.45, 7) is 4.11. The third-order valence-electron chi connectivity index (χ3n) is 3.45. The van der Waals surface area contributed by atoms with Gasteiger partial charge >= 0.3 is 18.9 Å². The number of rotatable bonds is 7. The molecule has 0 aromatic heterocycles. The predicted octanol–water partition coefficient (Wildman–Crippen LogP) is 1.79. The van der Waals surface area contributed by atoms with Crippen molar-refractivity contribution in [2.24, 2.45) is 0 Å². The summed E-state index contributed by atoms with van der Waals surface area (Å²) in [6, 6.07) is 12.8. The Morgan fingerprint density at radius 1 is 1.25 bits per heavy atom. The van der Waals surface area contributed by atoms with Crippen molar-refractivity contribution in [1.29, 1.82) is 0 Å². The van der Waals surface area contributed by atoms with Gasteiger partial charge in [0.1, 0.15) is 11.5 Å². The van der Waals surface area contributed by atoms with E-state index in [0.29, 0.717) is 16.3 Å². The molecular weight excluding hydrogens is 338 g/mol. The second-order valence-corrected chi connectivity index (χ2v) is 6.82. The van der Waals surface area contributed by atoms with Gasteiger partial charge in [0.05, 0.1) is 23.8 Å². The summed E-state index contributed by atoms with van der Waals surface area (Å²) in [5, 5.41) is 1.35. The Kier molecular flexibility index (Phi) is 8.88. The van der Waals surface area contributed by atoms with E-state index in [1.807, 2.05) is 31.2 Å². The van der Waals surface area contributed by atoms with E-state index in [4.69, 9.17) is 21.1 Å². The molecule has 0 aliphatic heterocycles. The Balaban J connectivity index is 0.00000288. The van der Waals surface area contributed by atoms with Gasteiger partial charge in [-0.1, -0.05) is 36.7 Å². The van der Waals surface area contributed by atoms with Crippen molar-refractivity contribution in [3.05, 3.63) is 53.1 Å². The van der Waals surface area contributed by atoms with Crippen LogP contribution >= 0.6 is 20.2 Å². The molecule has 124 valence electrons. The van der Waals surface area contributed by atoms with Crippen LogP contribution in [0.1, 0.15) is 32.1 Å². The Hall–Kier alpha value is -0.973. The topological polar surface area (TPSA) is 35.5 Å². The minimum Gasteiger partial charge on any atom is -1.00 e. The molecule has 24 heavy (non-hydrogen) atoms. The van der Waals surface area contributed by atoms with Crippen LogP contribution in [0.25, 0.3) is 0 Å².